The smallest absolute Gasteiger partial charge is 0.204 e. The maximum absolute atomic E-state index is 5.82. The topological polar surface area (TPSA) is 26.0 Å². The minimum absolute atomic E-state index is 0.416. The molecule has 3 rings (SSSR count). The number of benzene rings is 2. The molecule has 5 heteroatoms. The Morgan fingerprint density at radius 2 is 1.42 bits per heavy atom. The van der Waals surface area contributed by atoms with E-state index >= 15 is 0 Å². The van der Waals surface area contributed by atoms with Gasteiger partial charge in [-0.15, -0.1) is 5.10 Å². The van der Waals surface area contributed by atoms with E-state index in [-0.39, 0.29) is 0 Å². The van der Waals surface area contributed by atoms with Crippen molar-refractivity contribution in [2.45, 2.75) is 46.4 Å². The first-order valence-corrected chi connectivity index (χ1v) is 9.46. The van der Waals surface area contributed by atoms with Crippen molar-refractivity contribution in [1.82, 2.24) is 19.2 Å². The highest BCUT2D eigenvalue weighted by atomic mass is 32.1. The number of hydrogen-bond acceptors (Lipinski definition) is 3. The number of para-hydroxylation sites is 1. The minimum Gasteiger partial charge on any atom is -0.279 e. The van der Waals surface area contributed by atoms with Gasteiger partial charge in [-0.1, -0.05) is 48.5 Å². The van der Waals surface area contributed by atoms with Crippen molar-refractivity contribution in [3.8, 4) is 17.1 Å². The van der Waals surface area contributed by atoms with Crippen LogP contribution in [0.25, 0.3) is 17.1 Å². The van der Waals surface area contributed by atoms with Crippen LogP contribution in [0.1, 0.15) is 27.7 Å². The molecule has 0 aliphatic heterocycles. The Hall–Kier alpha value is -2.24. The van der Waals surface area contributed by atoms with E-state index in [4.69, 9.17) is 17.3 Å². The fourth-order valence-corrected chi connectivity index (χ4v) is 3.45. The first kappa shape index (κ1) is 18.5. The molecule has 4 nitrogen and oxygen atoms in total. The average molecular weight is 367 g/mol. The highest BCUT2D eigenvalue weighted by Crippen LogP contribution is 2.23. The summed E-state index contributed by atoms with van der Waals surface area (Å²) in [4.78, 5) is 2.38. The third-order valence-electron chi connectivity index (χ3n) is 4.51. The van der Waals surface area contributed by atoms with E-state index in [0.717, 1.165) is 17.1 Å². The standard InChI is InChI=1S/C21H26N4S/c1-16(2)23(17(3)4)15-24-21(26)25(19-13-9-6-10-14-19)20(22-24)18-11-7-5-8-12-18/h5-14,16-17H,15H2,1-4H3. The van der Waals surface area contributed by atoms with Gasteiger partial charge < -0.3 is 0 Å². The predicted octanol–water partition coefficient (Wildman–Crippen LogP) is 5.15. The van der Waals surface area contributed by atoms with E-state index in [9.17, 15) is 0 Å². The molecule has 0 saturated carbocycles. The fourth-order valence-electron chi connectivity index (χ4n) is 3.16. The van der Waals surface area contributed by atoms with Gasteiger partial charge in [-0.3, -0.25) is 9.47 Å². The second kappa shape index (κ2) is 7.98. The molecule has 1 heterocycles. The highest BCUT2D eigenvalue weighted by Gasteiger charge is 2.19. The molecule has 1 aromatic heterocycles. The van der Waals surface area contributed by atoms with Gasteiger partial charge >= 0.3 is 0 Å². The summed E-state index contributed by atoms with van der Waals surface area (Å²) in [5.74, 6) is 0.870. The lowest BCUT2D eigenvalue weighted by atomic mass is 10.2. The van der Waals surface area contributed by atoms with E-state index in [2.05, 4.69) is 61.4 Å². The van der Waals surface area contributed by atoms with Crippen molar-refractivity contribution < 1.29 is 0 Å². The van der Waals surface area contributed by atoms with Crippen LogP contribution in [0.5, 0.6) is 0 Å². The summed E-state index contributed by atoms with van der Waals surface area (Å²) in [6.07, 6.45) is 0. The molecular formula is C21H26N4S. The largest absolute Gasteiger partial charge is 0.279 e. The number of rotatable bonds is 6. The number of nitrogens with zero attached hydrogens (tertiary/aromatic N) is 4. The minimum atomic E-state index is 0.416. The first-order chi connectivity index (χ1) is 12.5. The van der Waals surface area contributed by atoms with Gasteiger partial charge in [0.1, 0.15) is 0 Å². The molecule has 136 valence electrons. The van der Waals surface area contributed by atoms with Crippen molar-refractivity contribution in [2.24, 2.45) is 0 Å². The van der Waals surface area contributed by atoms with E-state index < -0.39 is 0 Å². The van der Waals surface area contributed by atoms with Crippen LogP contribution in [-0.2, 0) is 6.67 Å². The van der Waals surface area contributed by atoms with E-state index in [0.29, 0.717) is 23.5 Å². The lowest BCUT2D eigenvalue weighted by Gasteiger charge is -2.29. The molecule has 3 aromatic rings. The third kappa shape index (κ3) is 3.79. The monoisotopic (exact) mass is 366 g/mol. The van der Waals surface area contributed by atoms with Crippen molar-refractivity contribution >= 4 is 12.2 Å². The molecule has 0 atom stereocenters. The Morgan fingerprint density at radius 1 is 0.885 bits per heavy atom. The normalized spacial score (nSPS) is 11.7. The molecule has 26 heavy (non-hydrogen) atoms. The SMILES string of the molecule is CC(C)N(Cn1nc(-c2ccccc2)n(-c2ccccc2)c1=S)C(C)C. The molecule has 2 aromatic carbocycles. The molecule has 0 radical (unpaired) electrons. The fraction of sp³-hybridized carbons (Fsp3) is 0.333. The summed E-state index contributed by atoms with van der Waals surface area (Å²) < 4.78 is 4.70. The van der Waals surface area contributed by atoms with Crippen molar-refractivity contribution in [2.75, 3.05) is 0 Å². The van der Waals surface area contributed by atoms with Crippen molar-refractivity contribution in [3.05, 3.63) is 65.4 Å². The Balaban J connectivity index is 2.14. The van der Waals surface area contributed by atoms with Crippen LogP contribution in [0.3, 0.4) is 0 Å². The number of aromatic nitrogens is 3. The van der Waals surface area contributed by atoms with Crippen LogP contribution >= 0.6 is 12.2 Å². The van der Waals surface area contributed by atoms with E-state index in [1.54, 1.807) is 0 Å². The third-order valence-corrected chi connectivity index (χ3v) is 4.90. The maximum atomic E-state index is 5.82. The average Bonchev–Trinajstić information content (AvgIpc) is 2.97. The van der Waals surface area contributed by atoms with E-state index in [1.807, 2.05) is 41.1 Å². The van der Waals surface area contributed by atoms with Gasteiger partial charge in [-0.05, 0) is 52.0 Å². The molecule has 0 amide bonds. The van der Waals surface area contributed by atoms with Crippen LogP contribution < -0.4 is 0 Å². The molecule has 0 fully saturated rings. The molecular weight excluding hydrogens is 340 g/mol. The van der Waals surface area contributed by atoms with E-state index in [1.165, 1.54) is 0 Å². The summed E-state index contributed by atoms with van der Waals surface area (Å²) in [7, 11) is 0. The molecule has 0 aliphatic carbocycles. The van der Waals surface area contributed by atoms with Crippen LogP contribution in [0.15, 0.2) is 60.7 Å². The molecule has 0 bridgehead atoms. The summed E-state index contributed by atoms with van der Waals surface area (Å²) in [6.45, 7) is 9.49. The second-order valence-corrected chi connectivity index (χ2v) is 7.35. The van der Waals surface area contributed by atoms with Crippen molar-refractivity contribution in [1.29, 1.82) is 0 Å². The Bertz CT molecular complexity index is 887. The summed E-state index contributed by atoms with van der Waals surface area (Å²) in [5, 5.41) is 4.89. The Labute approximate surface area is 160 Å². The van der Waals surface area contributed by atoms with Gasteiger partial charge in [-0.2, -0.15) is 0 Å². The van der Waals surface area contributed by atoms with Gasteiger partial charge in [0, 0.05) is 23.3 Å². The number of hydrogen-bond donors (Lipinski definition) is 0. The van der Waals surface area contributed by atoms with Gasteiger partial charge in [0.2, 0.25) is 4.77 Å². The second-order valence-electron chi connectivity index (χ2n) is 6.99. The van der Waals surface area contributed by atoms with Crippen LogP contribution in [-0.4, -0.2) is 31.3 Å². The van der Waals surface area contributed by atoms with Gasteiger partial charge in [-0.25, -0.2) is 4.68 Å². The van der Waals surface area contributed by atoms with Crippen LogP contribution in [0.4, 0.5) is 0 Å². The zero-order valence-electron chi connectivity index (χ0n) is 15.8. The van der Waals surface area contributed by atoms with Crippen molar-refractivity contribution in [3.63, 3.8) is 0 Å². The zero-order chi connectivity index (χ0) is 18.7. The van der Waals surface area contributed by atoms with Crippen LogP contribution in [0, 0.1) is 4.77 Å². The first-order valence-electron chi connectivity index (χ1n) is 9.05. The summed E-state index contributed by atoms with van der Waals surface area (Å²) in [6, 6.07) is 21.2. The molecule has 0 N–H and O–H groups in total. The summed E-state index contributed by atoms with van der Waals surface area (Å²) in [5.41, 5.74) is 2.09. The summed E-state index contributed by atoms with van der Waals surface area (Å²) >= 11 is 5.82. The van der Waals surface area contributed by atoms with Gasteiger partial charge in [0.05, 0.1) is 6.67 Å². The Morgan fingerprint density at radius 3 is 1.96 bits per heavy atom. The zero-order valence-corrected chi connectivity index (χ0v) is 16.6. The lowest BCUT2D eigenvalue weighted by Crippen LogP contribution is -2.38. The lowest BCUT2D eigenvalue weighted by molar-refractivity contribution is 0.122. The predicted molar refractivity (Wildman–Crippen MR) is 110 cm³/mol. The maximum Gasteiger partial charge on any atom is 0.204 e. The quantitative estimate of drug-likeness (QED) is 0.565. The molecule has 0 saturated heterocycles. The highest BCUT2D eigenvalue weighted by molar-refractivity contribution is 7.71. The molecule has 0 unspecified atom stereocenters. The molecule has 0 spiro atoms. The Kier molecular flexibility index (Phi) is 5.69. The van der Waals surface area contributed by atoms with Crippen LogP contribution in [0.2, 0.25) is 0 Å². The van der Waals surface area contributed by atoms with Gasteiger partial charge in [0.15, 0.2) is 5.82 Å². The molecule has 0 aliphatic rings. The van der Waals surface area contributed by atoms with Gasteiger partial charge in [0.25, 0.3) is 0 Å².